The fourth-order valence-corrected chi connectivity index (χ4v) is 3.73. The standard InChI is InChI=1S/C11H15NO3SSi/c1-13-17(14-2,15-3)11-6-4-10(5-7-11)8-16-9-12/h4-7H,8H2,1-3H3. The number of thioether (sulfide) groups is 1. The third kappa shape index (κ3) is 3.31. The second-order valence-electron chi connectivity index (χ2n) is 3.25. The molecule has 0 saturated carbocycles. The van der Waals surface area contributed by atoms with Crippen molar-refractivity contribution in [2.24, 2.45) is 0 Å². The molecule has 0 bridgehead atoms. The highest BCUT2D eigenvalue weighted by atomic mass is 32.2. The zero-order chi connectivity index (χ0) is 12.7. The van der Waals surface area contributed by atoms with Crippen LogP contribution in [0, 0.1) is 10.7 Å². The summed E-state index contributed by atoms with van der Waals surface area (Å²) in [5.74, 6) is 0.679. The van der Waals surface area contributed by atoms with Gasteiger partial charge in [0, 0.05) is 32.3 Å². The third-order valence-corrected chi connectivity index (χ3v) is 5.68. The second-order valence-corrected chi connectivity index (χ2v) is 6.92. The lowest BCUT2D eigenvalue weighted by Gasteiger charge is -2.24. The molecule has 1 rings (SSSR count). The topological polar surface area (TPSA) is 51.5 Å². The fraction of sp³-hybridized carbons (Fsp3) is 0.364. The molecule has 0 aliphatic heterocycles. The number of hydrogen-bond acceptors (Lipinski definition) is 5. The Balaban J connectivity index is 2.89. The molecule has 0 spiro atoms. The molecule has 0 aliphatic rings. The Kier molecular flexibility index (Phi) is 5.68. The van der Waals surface area contributed by atoms with Crippen molar-refractivity contribution in [2.45, 2.75) is 5.75 Å². The molecule has 0 N–H and O–H groups in total. The molecule has 0 aromatic heterocycles. The molecular formula is C11H15NO3SSi. The van der Waals surface area contributed by atoms with E-state index < -0.39 is 8.80 Å². The van der Waals surface area contributed by atoms with Gasteiger partial charge < -0.3 is 13.3 Å². The fourth-order valence-electron chi connectivity index (χ4n) is 1.52. The molecule has 1 aromatic rings. The number of rotatable bonds is 6. The first-order valence-corrected chi connectivity index (χ1v) is 7.69. The first-order valence-electron chi connectivity index (χ1n) is 4.98. The van der Waals surface area contributed by atoms with Crippen LogP contribution in [0.5, 0.6) is 0 Å². The zero-order valence-electron chi connectivity index (χ0n) is 10.1. The predicted octanol–water partition coefficient (Wildman–Crippen LogP) is 1.49. The van der Waals surface area contributed by atoms with Gasteiger partial charge in [-0.3, -0.25) is 0 Å². The SMILES string of the molecule is CO[Si](OC)(OC)c1ccc(CSC#N)cc1. The maximum absolute atomic E-state index is 8.49. The summed E-state index contributed by atoms with van der Waals surface area (Å²) in [5, 5.41) is 11.4. The maximum atomic E-state index is 8.49. The minimum atomic E-state index is -2.72. The van der Waals surface area contributed by atoms with E-state index in [0.717, 1.165) is 10.8 Å². The molecule has 0 amide bonds. The largest absolute Gasteiger partial charge is 0.536 e. The molecule has 0 radical (unpaired) electrons. The van der Waals surface area contributed by atoms with Crippen LogP contribution < -0.4 is 5.19 Å². The summed E-state index contributed by atoms with van der Waals surface area (Å²) < 4.78 is 16.1. The van der Waals surface area contributed by atoms with Crippen LogP contribution in [-0.2, 0) is 19.0 Å². The van der Waals surface area contributed by atoms with Gasteiger partial charge in [-0.1, -0.05) is 24.3 Å². The van der Waals surface area contributed by atoms with Gasteiger partial charge in [-0.15, -0.1) is 0 Å². The molecule has 1 aromatic carbocycles. The van der Waals surface area contributed by atoms with Gasteiger partial charge >= 0.3 is 8.80 Å². The molecule has 0 atom stereocenters. The van der Waals surface area contributed by atoms with Gasteiger partial charge in [0.05, 0.1) is 0 Å². The van der Waals surface area contributed by atoms with Gasteiger partial charge in [0.15, 0.2) is 0 Å². The highest BCUT2D eigenvalue weighted by molar-refractivity contribution is 8.02. The molecule has 0 aliphatic carbocycles. The molecule has 0 saturated heterocycles. The third-order valence-electron chi connectivity index (χ3n) is 2.42. The summed E-state index contributed by atoms with van der Waals surface area (Å²) in [7, 11) is 2.03. The molecule has 6 heteroatoms. The molecule has 92 valence electrons. The highest BCUT2D eigenvalue weighted by Crippen LogP contribution is 2.12. The average Bonchev–Trinajstić information content (AvgIpc) is 2.40. The molecule has 0 heterocycles. The summed E-state index contributed by atoms with van der Waals surface area (Å²) in [4.78, 5) is 0. The Morgan fingerprint density at radius 3 is 2.06 bits per heavy atom. The van der Waals surface area contributed by atoms with Gasteiger partial charge in [-0.2, -0.15) is 5.26 Å². The summed E-state index contributed by atoms with van der Waals surface area (Å²) in [6.45, 7) is 0. The van der Waals surface area contributed by atoms with Gasteiger partial charge in [-0.05, 0) is 17.3 Å². The number of nitrogens with zero attached hydrogens (tertiary/aromatic N) is 1. The maximum Gasteiger partial charge on any atom is 0.536 e. The van der Waals surface area contributed by atoms with Crippen LogP contribution in [0.15, 0.2) is 24.3 Å². The Bertz CT molecular complexity index is 378. The number of hydrogen-bond donors (Lipinski definition) is 0. The van der Waals surface area contributed by atoms with Crippen LogP contribution in [0.2, 0.25) is 0 Å². The van der Waals surface area contributed by atoms with E-state index in [1.54, 1.807) is 21.3 Å². The zero-order valence-corrected chi connectivity index (χ0v) is 11.9. The molecular weight excluding hydrogens is 254 g/mol. The number of benzene rings is 1. The van der Waals surface area contributed by atoms with Crippen LogP contribution >= 0.6 is 11.8 Å². The normalized spacial score (nSPS) is 11.2. The van der Waals surface area contributed by atoms with Crippen molar-refractivity contribution < 1.29 is 13.3 Å². The van der Waals surface area contributed by atoms with Crippen molar-refractivity contribution in [3.63, 3.8) is 0 Å². The quantitative estimate of drug-likeness (QED) is 0.578. The van der Waals surface area contributed by atoms with E-state index >= 15 is 0 Å². The van der Waals surface area contributed by atoms with Crippen molar-refractivity contribution in [1.82, 2.24) is 0 Å². The smallest absolute Gasteiger partial charge is 0.373 e. The van der Waals surface area contributed by atoms with E-state index in [4.69, 9.17) is 18.5 Å². The second kappa shape index (κ2) is 6.79. The van der Waals surface area contributed by atoms with Crippen molar-refractivity contribution in [3.8, 4) is 5.40 Å². The van der Waals surface area contributed by atoms with Crippen molar-refractivity contribution >= 4 is 25.8 Å². The Morgan fingerprint density at radius 1 is 1.12 bits per heavy atom. The van der Waals surface area contributed by atoms with Gasteiger partial charge in [-0.25, -0.2) is 0 Å². The van der Waals surface area contributed by atoms with Crippen LogP contribution in [0.25, 0.3) is 0 Å². The molecule has 0 fully saturated rings. The summed E-state index contributed by atoms with van der Waals surface area (Å²) >= 11 is 1.21. The van der Waals surface area contributed by atoms with Crippen molar-refractivity contribution in [1.29, 1.82) is 5.26 Å². The van der Waals surface area contributed by atoms with E-state index in [2.05, 4.69) is 0 Å². The van der Waals surface area contributed by atoms with Gasteiger partial charge in [0.1, 0.15) is 5.40 Å². The van der Waals surface area contributed by atoms with Gasteiger partial charge in [0.2, 0.25) is 0 Å². The molecule has 0 unspecified atom stereocenters. The minimum Gasteiger partial charge on any atom is -0.373 e. The monoisotopic (exact) mass is 269 g/mol. The van der Waals surface area contributed by atoms with E-state index in [9.17, 15) is 0 Å². The van der Waals surface area contributed by atoms with Gasteiger partial charge in [0.25, 0.3) is 0 Å². The van der Waals surface area contributed by atoms with Crippen LogP contribution in [-0.4, -0.2) is 30.1 Å². The summed E-state index contributed by atoms with van der Waals surface area (Å²) in [6.07, 6.45) is 0. The molecule has 17 heavy (non-hydrogen) atoms. The van der Waals surface area contributed by atoms with E-state index in [1.807, 2.05) is 29.7 Å². The van der Waals surface area contributed by atoms with Crippen LogP contribution in [0.3, 0.4) is 0 Å². The molecule has 4 nitrogen and oxygen atoms in total. The number of nitriles is 1. The Hall–Kier alpha value is -0.843. The number of thiocyanates is 1. The highest BCUT2D eigenvalue weighted by Gasteiger charge is 2.40. The lowest BCUT2D eigenvalue weighted by atomic mass is 10.2. The van der Waals surface area contributed by atoms with Crippen molar-refractivity contribution in [2.75, 3.05) is 21.3 Å². The van der Waals surface area contributed by atoms with E-state index in [0.29, 0.717) is 5.75 Å². The lowest BCUT2D eigenvalue weighted by molar-refractivity contribution is 0.140. The first-order chi connectivity index (χ1) is 8.22. The minimum absolute atomic E-state index is 0.679. The van der Waals surface area contributed by atoms with Crippen molar-refractivity contribution in [3.05, 3.63) is 29.8 Å². The lowest BCUT2D eigenvalue weighted by Crippen LogP contribution is -2.54. The van der Waals surface area contributed by atoms with E-state index in [1.165, 1.54) is 11.8 Å². The summed E-state index contributed by atoms with van der Waals surface area (Å²) in [5.41, 5.74) is 1.09. The predicted molar refractivity (Wildman–Crippen MR) is 69.8 cm³/mol. The summed E-state index contributed by atoms with van der Waals surface area (Å²) in [6, 6.07) is 7.77. The van der Waals surface area contributed by atoms with Crippen LogP contribution in [0.4, 0.5) is 0 Å². The first kappa shape index (κ1) is 14.2. The van der Waals surface area contributed by atoms with Crippen LogP contribution in [0.1, 0.15) is 5.56 Å². The Labute approximate surface area is 107 Å². The van der Waals surface area contributed by atoms with E-state index in [-0.39, 0.29) is 0 Å². The average molecular weight is 269 g/mol. The Morgan fingerprint density at radius 2 is 1.65 bits per heavy atom.